The number of carbonyl (C=O) groups excluding carboxylic acids is 2. The molecule has 0 saturated heterocycles. The molecule has 4 N–H and O–H groups in total. The Bertz CT molecular complexity index is 693. The van der Waals surface area contributed by atoms with Crippen LogP contribution in [-0.4, -0.2) is 40.6 Å². The van der Waals surface area contributed by atoms with E-state index in [-0.39, 0.29) is 11.6 Å². The second-order valence-electron chi connectivity index (χ2n) is 4.87. The lowest BCUT2D eigenvalue weighted by Crippen LogP contribution is -2.30. The number of hydrogen-bond donors (Lipinski definition) is 3. The topological polar surface area (TPSA) is 105 Å². The summed E-state index contributed by atoms with van der Waals surface area (Å²) in [6, 6.07) is 8.52. The molecule has 0 aliphatic heterocycles. The van der Waals surface area contributed by atoms with Gasteiger partial charge in [-0.05, 0) is 19.1 Å². The Balaban J connectivity index is 2.44. The van der Waals surface area contributed by atoms with E-state index in [2.05, 4.69) is 15.7 Å². The largest absolute Gasteiger partial charge is 0.350 e. The van der Waals surface area contributed by atoms with Gasteiger partial charge < -0.3 is 16.0 Å². The van der Waals surface area contributed by atoms with Crippen LogP contribution in [0.3, 0.4) is 0 Å². The maximum Gasteiger partial charge on any atom is 0.331 e. The Labute approximate surface area is 127 Å². The van der Waals surface area contributed by atoms with Crippen LogP contribution < -0.4 is 16.5 Å². The van der Waals surface area contributed by atoms with E-state index in [1.54, 1.807) is 21.0 Å². The standard InChI is InChI=1S/C14H18N6O2/c1-9-11(12(21)19(2)3)17-14(20(9)18-13(15)22)16-10-7-5-4-6-8-10/h4-8H,1-3H3,(H,16,17)(H3,15,18,22). The SMILES string of the molecule is Cc1c(C(=O)N(C)C)nc(Nc2ccccc2)n1NC(N)=O. The van der Waals surface area contributed by atoms with E-state index in [0.717, 1.165) is 5.69 Å². The Hall–Kier alpha value is -3.03. The average molecular weight is 302 g/mol. The summed E-state index contributed by atoms with van der Waals surface area (Å²) in [5.74, 6) is 0.0336. The molecule has 3 amide bonds. The van der Waals surface area contributed by atoms with Gasteiger partial charge >= 0.3 is 6.03 Å². The zero-order chi connectivity index (χ0) is 16.3. The molecule has 0 spiro atoms. The number of hydrogen-bond acceptors (Lipinski definition) is 4. The number of nitrogens with zero attached hydrogens (tertiary/aromatic N) is 3. The van der Waals surface area contributed by atoms with Crippen molar-refractivity contribution in [3.63, 3.8) is 0 Å². The number of rotatable bonds is 4. The van der Waals surface area contributed by atoms with E-state index >= 15 is 0 Å². The second-order valence-corrected chi connectivity index (χ2v) is 4.87. The van der Waals surface area contributed by atoms with Crippen molar-refractivity contribution in [2.75, 3.05) is 24.8 Å². The van der Waals surface area contributed by atoms with Crippen molar-refractivity contribution in [2.45, 2.75) is 6.92 Å². The first-order valence-electron chi connectivity index (χ1n) is 6.59. The molecular formula is C14H18N6O2. The number of anilines is 2. The molecule has 0 unspecified atom stereocenters. The van der Waals surface area contributed by atoms with E-state index in [9.17, 15) is 9.59 Å². The minimum atomic E-state index is -0.750. The van der Waals surface area contributed by atoms with Crippen LogP contribution in [0, 0.1) is 6.92 Å². The van der Waals surface area contributed by atoms with E-state index in [4.69, 9.17) is 5.73 Å². The van der Waals surface area contributed by atoms with E-state index in [1.807, 2.05) is 30.3 Å². The van der Waals surface area contributed by atoms with Gasteiger partial charge in [0.05, 0.1) is 5.69 Å². The third-order valence-corrected chi connectivity index (χ3v) is 2.97. The van der Waals surface area contributed by atoms with Gasteiger partial charge in [0.2, 0.25) is 5.95 Å². The van der Waals surface area contributed by atoms with Crippen molar-refractivity contribution >= 4 is 23.6 Å². The van der Waals surface area contributed by atoms with Gasteiger partial charge in [-0.15, -0.1) is 0 Å². The number of nitrogens with two attached hydrogens (primary N) is 1. The maximum absolute atomic E-state index is 12.1. The summed E-state index contributed by atoms with van der Waals surface area (Å²) in [5, 5.41) is 3.04. The lowest BCUT2D eigenvalue weighted by atomic mass is 10.3. The summed E-state index contributed by atoms with van der Waals surface area (Å²) in [5.41, 5.74) is 9.10. The molecule has 0 saturated carbocycles. The normalized spacial score (nSPS) is 10.1. The highest BCUT2D eigenvalue weighted by molar-refractivity contribution is 5.94. The van der Waals surface area contributed by atoms with Crippen molar-refractivity contribution < 1.29 is 9.59 Å². The summed E-state index contributed by atoms with van der Waals surface area (Å²) in [4.78, 5) is 29.0. The highest BCUT2D eigenvalue weighted by Crippen LogP contribution is 2.19. The molecule has 0 fully saturated rings. The first-order valence-corrected chi connectivity index (χ1v) is 6.59. The Morgan fingerprint density at radius 2 is 1.86 bits per heavy atom. The van der Waals surface area contributed by atoms with Crippen LogP contribution in [0.15, 0.2) is 30.3 Å². The third kappa shape index (κ3) is 3.17. The first-order chi connectivity index (χ1) is 10.4. The van der Waals surface area contributed by atoms with Gasteiger partial charge in [0.15, 0.2) is 5.69 Å². The van der Waals surface area contributed by atoms with Crippen LogP contribution >= 0.6 is 0 Å². The number of amides is 3. The molecule has 0 bridgehead atoms. The van der Waals surface area contributed by atoms with E-state index in [0.29, 0.717) is 11.6 Å². The molecule has 8 heteroatoms. The third-order valence-electron chi connectivity index (χ3n) is 2.97. The summed E-state index contributed by atoms with van der Waals surface area (Å²) in [6.07, 6.45) is 0. The van der Waals surface area contributed by atoms with Gasteiger partial charge in [-0.25, -0.2) is 19.9 Å². The number of primary amides is 1. The smallest absolute Gasteiger partial charge is 0.331 e. The highest BCUT2D eigenvalue weighted by atomic mass is 16.2. The Kier molecular flexibility index (Phi) is 4.31. The lowest BCUT2D eigenvalue weighted by molar-refractivity contribution is 0.0821. The fraction of sp³-hybridized carbons (Fsp3) is 0.214. The van der Waals surface area contributed by atoms with E-state index in [1.165, 1.54) is 9.58 Å². The lowest BCUT2D eigenvalue weighted by Gasteiger charge is -2.11. The molecule has 0 aliphatic rings. The van der Waals surface area contributed by atoms with Gasteiger partial charge in [0.1, 0.15) is 0 Å². The monoisotopic (exact) mass is 302 g/mol. The van der Waals surface area contributed by atoms with Crippen LogP contribution in [0.5, 0.6) is 0 Å². The van der Waals surface area contributed by atoms with Crippen LogP contribution in [0.25, 0.3) is 0 Å². The molecule has 0 atom stereocenters. The molecule has 1 aromatic carbocycles. The maximum atomic E-state index is 12.1. The zero-order valence-corrected chi connectivity index (χ0v) is 12.6. The van der Waals surface area contributed by atoms with Gasteiger partial charge in [0.25, 0.3) is 5.91 Å². The minimum Gasteiger partial charge on any atom is -0.350 e. The van der Waals surface area contributed by atoms with Gasteiger partial charge in [-0.2, -0.15) is 0 Å². The molecule has 0 radical (unpaired) electrons. The molecule has 0 aliphatic carbocycles. The van der Waals surface area contributed by atoms with Crippen LogP contribution in [0.1, 0.15) is 16.2 Å². The predicted molar refractivity (Wildman–Crippen MR) is 83.7 cm³/mol. The van der Waals surface area contributed by atoms with Gasteiger partial charge in [0, 0.05) is 19.8 Å². The zero-order valence-electron chi connectivity index (χ0n) is 12.6. The van der Waals surface area contributed by atoms with Crippen molar-refractivity contribution in [1.29, 1.82) is 0 Å². The number of nitrogens with one attached hydrogen (secondary N) is 2. The summed E-state index contributed by atoms with van der Waals surface area (Å²) in [7, 11) is 3.26. The number of carbonyl (C=O) groups is 2. The molecule has 8 nitrogen and oxygen atoms in total. The predicted octanol–water partition coefficient (Wildman–Crippen LogP) is 1.26. The molecule has 22 heavy (non-hydrogen) atoms. The van der Waals surface area contributed by atoms with Crippen molar-refractivity contribution in [3.8, 4) is 0 Å². The summed E-state index contributed by atoms with van der Waals surface area (Å²) in [6.45, 7) is 1.68. The van der Waals surface area contributed by atoms with Crippen LogP contribution in [0.2, 0.25) is 0 Å². The van der Waals surface area contributed by atoms with Crippen molar-refractivity contribution in [1.82, 2.24) is 14.6 Å². The Morgan fingerprint density at radius 1 is 1.23 bits per heavy atom. The molecular weight excluding hydrogens is 284 g/mol. The van der Waals surface area contributed by atoms with Gasteiger partial charge in [-0.1, -0.05) is 18.2 Å². The second kappa shape index (κ2) is 6.17. The van der Waals surface area contributed by atoms with Crippen molar-refractivity contribution in [3.05, 3.63) is 41.7 Å². The average Bonchev–Trinajstić information content (AvgIpc) is 2.76. The first kappa shape index (κ1) is 15.4. The molecule has 116 valence electrons. The molecule has 1 aromatic heterocycles. The highest BCUT2D eigenvalue weighted by Gasteiger charge is 2.21. The number of benzene rings is 1. The fourth-order valence-electron chi connectivity index (χ4n) is 1.90. The van der Waals surface area contributed by atoms with Crippen LogP contribution in [0.4, 0.5) is 16.4 Å². The number of urea groups is 1. The molecule has 2 aromatic rings. The van der Waals surface area contributed by atoms with Crippen LogP contribution in [-0.2, 0) is 0 Å². The van der Waals surface area contributed by atoms with Crippen molar-refractivity contribution in [2.24, 2.45) is 5.73 Å². The van der Waals surface area contributed by atoms with Gasteiger partial charge in [-0.3, -0.25) is 4.79 Å². The van der Waals surface area contributed by atoms with E-state index < -0.39 is 6.03 Å². The summed E-state index contributed by atoms with van der Waals surface area (Å²) < 4.78 is 1.35. The number of aromatic nitrogens is 2. The number of para-hydroxylation sites is 1. The Morgan fingerprint density at radius 3 is 2.41 bits per heavy atom. The number of imidazole rings is 1. The summed E-state index contributed by atoms with van der Waals surface area (Å²) >= 11 is 0. The fourth-order valence-corrected chi connectivity index (χ4v) is 1.90. The quantitative estimate of drug-likeness (QED) is 0.790. The molecule has 1 heterocycles. The minimum absolute atomic E-state index is 0.234. The molecule has 2 rings (SSSR count).